The van der Waals surface area contributed by atoms with Crippen LogP contribution >= 0.6 is 0 Å². The summed E-state index contributed by atoms with van der Waals surface area (Å²) in [5, 5.41) is 12.1. The molecule has 4 heteroatoms. The van der Waals surface area contributed by atoms with Crippen molar-refractivity contribution in [2.45, 2.75) is 6.92 Å². The highest BCUT2D eigenvalue weighted by Gasteiger charge is 2.06. The Hall–Kier alpha value is -3.14. The van der Waals surface area contributed by atoms with Gasteiger partial charge in [0.25, 0.3) is 0 Å². The lowest BCUT2D eigenvalue weighted by Gasteiger charge is -2.09. The highest BCUT2D eigenvalue weighted by molar-refractivity contribution is 6.08. The fourth-order valence-electron chi connectivity index (χ4n) is 2.30. The van der Waals surface area contributed by atoms with Crippen LogP contribution in [0.5, 0.6) is 5.75 Å². The molecule has 0 N–H and O–H groups in total. The summed E-state index contributed by atoms with van der Waals surface area (Å²) in [5.41, 5.74) is 1.57. The predicted octanol–water partition coefficient (Wildman–Crippen LogP) is 3.07. The van der Waals surface area contributed by atoms with Gasteiger partial charge in [-0.15, -0.1) is 0 Å². The Morgan fingerprint density at radius 1 is 1.17 bits per heavy atom. The molecular formula is C19H13O4-. The van der Waals surface area contributed by atoms with Gasteiger partial charge in [-0.25, -0.2) is 0 Å². The van der Waals surface area contributed by atoms with Gasteiger partial charge in [-0.3, -0.25) is 9.59 Å². The van der Waals surface area contributed by atoms with Crippen molar-refractivity contribution in [3.8, 4) is 5.75 Å². The van der Waals surface area contributed by atoms with Gasteiger partial charge in [0.2, 0.25) is 0 Å². The van der Waals surface area contributed by atoms with E-state index in [1.54, 1.807) is 24.3 Å². The van der Waals surface area contributed by atoms with Crippen molar-refractivity contribution < 1.29 is 14.3 Å². The molecular weight excluding hydrogens is 292 g/mol. The van der Waals surface area contributed by atoms with Crippen molar-refractivity contribution in [2.75, 3.05) is 0 Å². The first kappa shape index (κ1) is 14.8. The zero-order chi connectivity index (χ0) is 16.4. The summed E-state index contributed by atoms with van der Waals surface area (Å²) < 4.78 is 5.42. The quantitative estimate of drug-likeness (QED) is 0.551. The zero-order valence-electron chi connectivity index (χ0n) is 12.4. The summed E-state index contributed by atoms with van der Waals surface area (Å²) in [7, 11) is 0. The molecule has 1 aromatic heterocycles. The van der Waals surface area contributed by atoms with Crippen molar-refractivity contribution in [3.05, 3.63) is 81.7 Å². The van der Waals surface area contributed by atoms with Gasteiger partial charge in [-0.05, 0) is 31.2 Å². The molecule has 0 spiro atoms. The largest absolute Gasteiger partial charge is 0.872 e. The van der Waals surface area contributed by atoms with E-state index in [-0.39, 0.29) is 22.3 Å². The fourth-order valence-corrected chi connectivity index (χ4v) is 2.30. The van der Waals surface area contributed by atoms with Crippen LogP contribution in [0.4, 0.5) is 0 Å². The van der Waals surface area contributed by atoms with Gasteiger partial charge >= 0.3 is 0 Å². The van der Waals surface area contributed by atoms with E-state index in [4.69, 9.17) is 4.42 Å². The van der Waals surface area contributed by atoms with Gasteiger partial charge in [0.05, 0.1) is 10.9 Å². The SMILES string of the molecule is Cc1ccc2occ(/C=C/C(=O)c3ccccc3[O-])c(=O)c2c1. The second kappa shape index (κ2) is 5.93. The second-order valence-electron chi connectivity index (χ2n) is 5.21. The number of hydrogen-bond acceptors (Lipinski definition) is 4. The Kier molecular flexibility index (Phi) is 3.81. The number of hydrogen-bond donors (Lipinski definition) is 0. The van der Waals surface area contributed by atoms with E-state index >= 15 is 0 Å². The smallest absolute Gasteiger partial charge is 0.199 e. The molecule has 23 heavy (non-hydrogen) atoms. The van der Waals surface area contributed by atoms with Crippen LogP contribution in [0.3, 0.4) is 0 Å². The lowest BCUT2D eigenvalue weighted by molar-refractivity contribution is -0.268. The maximum Gasteiger partial charge on any atom is 0.199 e. The molecule has 0 aliphatic carbocycles. The molecule has 0 radical (unpaired) electrons. The third-order valence-electron chi connectivity index (χ3n) is 3.52. The van der Waals surface area contributed by atoms with Crippen LogP contribution in [0.1, 0.15) is 21.5 Å². The van der Waals surface area contributed by atoms with Crippen molar-refractivity contribution >= 4 is 22.8 Å². The fraction of sp³-hybridized carbons (Fsp3) is 0.0526. The van der Waals surface area contributed by atoms with Crippen molar-refractivity contribution in [1.29, 1.82) is 0 Å². The third kappa shape index (κ3) is 2.92. The minimum atomic E-state index is -0.445. The first-order valence-corrected chi connectivity index (χ1v) is 7.07. The van der Waals surface area contributed by atoms with Gasteiger partial charge in [0.1, 0.15) is 11.8 Å². The predicted molar refractivity (Wildman–Crippen MR) is 86.5 cm³/mol. The van der Waals surface area contributed by atoms with Crippen molar-refractivity contribution in [2.24, 2.45) is 0 Å². The highest BCUT2D eigenvalue weighted by Crippen LogP contribution is 2.16. The third-order valence-corrected chi connectivity index (χ3v) is 3.52. The molecule has 0 aliphatic heterocycles. The number of benzene rings is 2. The molecule has 0 saturated heterocycles. The first-order chi connectivity index (χ1) is 11.1. The van der Waals surface area contributed by atoms with Gasteiger partial charge in [-0.1, -0.05) is 41.6 Å². The summed E-state index contributed by atoms with van der Waals surface area (Å²) >= 11 is 0. The summed E-state index contributed by atoms with van der Waals surface area (Å²) in [6.07, 6.45) is 3.90. The number of carbonyl (C=O) groups is 1. The number of fused-ring (bicyclic) bond motifs is 1. The van der Waals surface area contributed by atoms with E-state index < -0.39 is 5.78 Å². The van der Waals surface area contributed by atoms with Crippen LogP contribution < -0.4 is 10.5 Å². The molecule has 0 aliphatic rings. The lowest BCUT2D eigenvalue weighted by Crippen LogP contribution is -2.06. The Morgan fingerprint density at radius 2 is 1.96 bits per heavy atom. The van der Waals surface area contributed by atoms with Gasteiger partial charge in [0, 0.05) is 5.56 Å². The van der Waals surface area contributed by atoms with Crippen molar-refractivity contribution in [1.82, 2.24) is 0 Å². The van der Waals surface area contributed by atoms with Gasteiger partial charge in [0.15, 0.2) is 11.2 Å². The number of rotatable bonds is 3. The Morgan fingerprint density at radius 3 is 2.74 bits per heavy atom. The van der Waals surface area contributed by atoms with Crippen LogP contribution in [0, 0.1) is 6.92 Å². The molecule has 0 amide bonds. The topological polar surface area (TPSA) is 70.3 Å². The van der Waals surface area contributed by atoms with Crippen LogP contribution in [0.25, 0.3) is 17.0 Å². The molecule has 0 bridgehead atoms. The molecule has 3 rings (SSSR count). The minimum Gasteiger partial charge on any atom is -0.872 e. The highest BCUT2D eigenvalue weighted by atomic mass is 16.3. The molecule has 0 unspecified atom stereocenters. The molecule has 3 aromatic rings. The zero-order valence-corrected chi connectivity index (χ0v) is 12.4. The second-order valence-corrected chi connectivity index (χ2v) is 5.21. The van der Waals surface area contributed by atoms with E-state index in [9.17, 15) is 14.7 Å². The lowest BCUT2D eigenvalue weighted by atomic mass is 10.1. The first-order valence-electron chi connectivity index (χ1n) is 7.07. The summed E-state index contributed by atoms with van der Waals surface area (Å²) in [5.74, 6) is -0.789. The average Bonchev–Trinajstić information content (AvgIpc) is 2.55. The van der Waals surface area contributed by atoms with E-state index in [1.165, 1.54) is 30.5 Å². The molecule has 0 saturated carbocycles. The van der Waals surface area contributed by atoms with Gasteiger partial charge in [-0.2, -0.15) is 0 Å². The number of para-hydroxylation sites is 1. The van der Waals surface area contributed by atoms with E-state index in [0.717, 1.165) is 5.56 Å². The summed E-state index contributed by atoms with van der Waals surface area (Å²) in [6.45, 7) is 1.89. The maximum atomic E-state index is 12.4. The minimum absolute atomic E-state index is 0.0739. The van der Waals surface area contributed by atoms with E-state index in [2.05, 4.69) is 0 Å². The maximum absolute atomic E-state index is 12.4. The van der Waals surface area contributed by atoms with Crippen LogP contribution in [-0.2, 0) is 0 Å². The standard InChI is InChI=1S/C19H14O4/c1-12-6-9-18-15(10-12)19(22)13(11-23-18)7-8-17(21)14-4-2-3-5-16(14)20/h2-11,20H,1H3/p-1/b8-7+. The van der Waals surface area contributed by atoms with Crippen LogP contribution in [-0.4, -0.2) is 5.78 Å². The molecule has 2 aromatic carbocycles. The van der Waals surface area contributed by atoms with Crippen LogP contribution in [0.2, 0.25) is 0 Å². The Balaban J connectivity index is 1.98. The van der Waals surface area contributed by atoms with Gasteiger partial charge < -0.3 is 9.52 Å². The molecule has 1 heterocycles. The van der Waals surface area contributed by atoms with E-state index in [0.29, 0.717) is 11.0 Å². The number of allylic oxidation sites excluding steroid dienone is 1. The van der Waals surface area contributed by atoms with E-state index in [1.807, 2.05) is 13.0 Å². The van der Waals surface area contributed by atoms with Crippen molar-refractivity contribution in [3.63, 3.8) is 0 Å². The molecule has 114 valence electrons. The summed E-state index contributed by atoms with van der Waals surface area (Å²) in [6, 6.07) is 11.3. The number of aryl methyl sites for hydroxylation is 1. The number of ketones is 1. The molecule has 0 atom stereocenters. The molecule has 0 fully saturated rings. The normalized spacial score (nSPS) is 11.2. The Labute approximate surface area is 132 Å². The summed E-state index contributed by atoms with van der Waals surface area (Å²) in [4.78, 5) is 24.5. The van der Waals surface area contributed by atoms with Crippen LogP contribution in [0.15, 0.2) is 64.0 Å². The average molecular weight is 305 g/mol. The number of carbonyl (C=O) groups excluding carboxylic acids is 1. The Bertz CT molecular complexity index is 980. The molecule has 4 nitrogen and oxygen atoms in total. The monoisotopic (exact) mass is 305 g/mol.